The summed E-state index contributed by atoms with van der Waals surface area (Å²) in [5.41, 5.74) is 6.65. The fourth-order valence-electron chi connectivity index (χ4n) is 6.28. The molecule has 5 nitrogen and oxygen atoms in total. The Kier molecular flexibility index (Phi) is 6.40. The van der Waals surface area contributed by atoms with Crippen LogP contribution >= 0.6 is 0 Å². The van der Waals surface area contributed by atoms with Gasteiger partial charge in [-0.3, -0.25) is 9.78 Å². The van der Waals surface area contributed by atoms with E-state index in [0.717, 1.165) is 48.2 Å². The van der Waals surface area contributed by atoms with Crippen molar-refractivity contribution in [1.82, 2.24) is 20.1 Å². The number of hydrogen-bond donors (Lipinski definition) is 1. The minimum absolute atomic E-state index is 0.00473. The van der Waals surface area contributed by atoms with Crippen LogP contribution in [0.2, 0.25) is 0 Å². The monoisotopic (exact) mass is 506 g/mol. The minimum atomic E-state index is -0.250. The summed E-state index contributed by atoms with van der Waals surface area (Å²) in [7, 11) is 0. The molecule has 38 heavy (non-hydrogen) atoms. The lowest BCUT2D eigenvalue weighted by Crippen LogP contribution is -2.35. The summed E-state index contributed by atoms with van der Waals surface area (Å²) in [6.07, 6.45) is 11.9. The molecule has 6 rings (SSSR count). The van der Waals surface area contributed by atoms with Crippen LogP contribution in [0.1, 0.15) is 54.6 Å². The van der Waals surface area contributed by atoms with Crippen LogP contribution in [0.15, 0.2) is 90.9 Å². The summed E-state index contributed by atoms with van der Waals surface area (Å²) in [4.78, 5) is 17.2. The molecule has 0 aliphatic heterocycles. The van der Waals surface area contributed by atoms with Crippen LogP contribution in [-0.2, 0) is 17.6 Å². The zero-order valence-electron chi connectivity index (χ0n) is 21.5. The second kappa shape index (κ2) is 10.0. The second-order valence-electron chi connectivity index (χ2n) is 10.7. The lowest BCUT2D eigenvalue weighted by Gasteiger charge is -2.37. The Hall–Kier alpha value is -4.06. The van der Waals surface area contributed by atoms with Crippen LogP contribution in [0.5, 0.6) is 0 Å². The molecule has 2 aliphatic rings. The molecule has 0 radical (unpaired) electrons. The second-order valence-corrected chi connectivity index (χ2v) is 10.7. The van der Waals surface area contributed by atoms with Gasteiger partial charge in [-0.25, -0.2) is 9.07 Å². The molecule has 0 spiro atoms. The van der Waals surface area contributed by atoms with Crippen LogP contribution in [0.4, 0.5) is 4.39 Å². The molecule has 1 saturated carbocycles. The summed E-state index contributed by atoms with van der Waals surface area (Å²) in [5.74, 6) is 0.178. The van der Waals surface area contributed by atoms with Gasteiger partial charge in [-0.05, 0) is 90.1 Å². The Bertz CT molecular complexity index is 1460. The lowest BCUT2D eigenvalue weighted by atomic mass is 9.68. The van der Waals surface area contributed by atoms with E-state index >= 15 is 0 Å². The van der Waals surface area contributed by atoms with Gasteiger partial charge in [0.1, 0.15) is 5.82 Å². The van der Waals surface area contributed by atoms with Crippen LogP contribution in [0, 0.1) is 17.2 Å². The third-order valence-corrected chi connectivity index (χ3v) is 8.37. The molecule has 6 heteroatoms. The Morgan fingerprint density at radius 2 is 1.92 bits per heavy atom. The van der Waals surface area contributed by atoms with Crippen LogP contribution in [0.3, 0.4) is 0 Å². The van der Waals surface area contributed by atoms with E-state index in [1.165, 1.54) is 23.3 Å². The van der Waals surface area contributed by atoms with E-state index in [1.807, 2.05) is 41.2 Å². The Balaban J connectivity index is 1.24. The molecular formula is C32H31FN4O. The van der Waals surface area contributed by atoms with Gasteiger partial charge in [-0.2, -0.15) is 5.10 Å². The van der Waals surface area contributed by atoms with Crippen molar-refractivity contribution in [2.45, 2.75) is 45.1 Å². The molecule has 3 atom stereocenters. The van der Waals surface area contributed by atoms with Crippen molar-refractivity contribution in [1.29, 1.82) is 0 Å². The summed E-state index contributed by atoms with van der Waals surface area (Å²) in [6.45, 7) is 2.37. The third kappa shape index (κ3) is 4.67. The molecule has 3 unspecified atom stereocenters. The first kappa shape index (κ1) is 24.3. The highest BCUT2D eigenvalue weighted by Gasteiger charge is 2.46. The maximum absolute atomic E-state index is 13.5. The Labute approximate surface area is 222 Å². The molecule has 1 amide bonds. The zero-order chi connectivity index (χ0) is 26.1. The number of carbonyl (C=O) groups is 1. The number of amides is 1. The van der Waals surface area contributed by atoms with Crippen molar-refractivity contribution in [2.75, 3.05) is 0 Å². The molecule has 2 aromatic heterocycles. The Morgan fingerprint density at radius 1 is 1.11 bits per heavy atom. The standard InChI is InChI=1S/C32H31FN4O/c1-32-19-24-21-35-37(28-13-11-27(33)12-14-28)30(24)18-26(32)10-9-25(32)17-29(23-7-3-2-4-8-23)36-31(38)16-22-6-5-15-34-20-22/h2-8,11-15,18,20-21,25,29H,9-10,16-17,19H2,1H3,(H,36,38). The van der Waals surface area contributed by atoms with Gasteiger partial charge < -0.3 is 5.32 Å². The van der Waals surface area contributed by atoms with Crippen LogP contribution < -0.4 is 5.32 Å². The summed E-state index contributed by atoms with van der Waals surface area (Å²) < 4.78 is 15.4. The normalized spacial score (nSPS) is 20.8. The molecule has 2 heterocycles. The van der Waals surface area contributed by atoms with Gasteiger partial charge in [0.25, 0.3) is 0 Å². The SMILES string of the molecule is CC12Cc3cnn(-c4ccc(F)cc4)c3C=C1CCC2CC(NC(=O)Cc1cccnc1)c1ccccc1. The van der Waals surface area contributed by atoms with E-state index in [4.69, 9.17) is 0 Å². The number of aromatic nitrogens is 3. The van der Waals surface area contributed by atoms with E-state index in [-0.39, 0.29) is 23.2 Å². The first-order valence-electron chi connectivity index (χ1n) is 13.3. The maximum Gasteiger partial charge on any atom is 0.224 e. The number of pyridine rings is 1. The minimum Gasteiger partial charge on any atom is -0.349 e. The van der Waals surface area contributed by atoms with E-state index in [2.05, 4.69) is 40.5 Å². The van der Waals surface area contributed by atoms with Gasteiger partial charge in [-0.1, -0.05) is 48.9 Å². The third-order valence-electron chi connectivity index (χ3n) is 8.37. The van der Waals surface area contributed by atoms with Gasteiger partial charge in [0.2, 0.25) is 5.91 Å². The van der Waals surface area contributed by atoms with Gasteiger partial charge in [-0.15, -0.1) is 0 Å². The number of carbonyl (C=O) groups excluding carboxylic acids is 1. The van der Waals surface area contributed by atoms with Crippen LogP contribution in [0.25, 0.3) is 11.8 Å². The number of allylic oxidation sites excluding steroid dienone is 1. The molecule has 4 aromatic rings. The average Bonchev–Trinajstić information content (AvgIpc) is 3.48. The number of nitrogens with zero attached hydrogens (tertiary/aromatic N) is 3. The molecule has 2 aromatic carbocycles. The highest BCUT2D eigenvalue weighted by molar-refractivity contribution is 5.79. The largest absolute Gasteiger partial charge is 0.349 e. The average molecular weight is 507 g/mol. The molecular weight excluding hydrogens is 475 g/mol. The number of fused-ring (bicyclic) bond motifs is 2. The van der Waals surface area contributed by atoms with Crippen molar-refractivity contribution in [3.05, 3.63) is 119 Å². The quantitative estimate of drug-likeness (QED) is 0.322. The number of hydrogen-bond acceptors (Lipinski definition) is 3. The summed E-state index contributed by atoms with van der Waals surface area (Å²) >= 11 is 0. The van der Waals surface area contributed by atoms with Crippen LogP contribution in [-0.4, -0.2) is 20.7 Å². The predicted octanol–water partition coefficient (Wildman–Crippen LogP) is 6.25. The topological polar surface area (TPSA) is 59.8 Å². The molecule has 0 bridgehead atoms. The highest BCUT2D eigenvalue weighted by atomic mass is 19.1. The molecule has 1 N–H and O–H groups in total. The first-order chi connectivity index (χ1) is 18.5. The van der Waals surface area contributed by atoms with Crippen molar-refractivity contribution >= 4 is 12.0 Å². The first-order valence-corrected chi connectivity index (χ1v) is 13.3. The maximum atomic E-state index is 13.5. The number of halogens is 1. The van der Waals surface area contributed by atoms with E-state index in [1.54, 1.807) is 24.5 Å². The summed E-state index contributed by atoms with van der Waals surface area (Å²) in [6, 6.07) is 20.5. The number of benzene rings is 2. The van der Waals surface area contributed by atoms with Gasteiger partial charge >= 0.3 is 0 Å². The fourth-order valence-corrected chi connectivity index (χ4v) is 6.28. The molecule has 1 fully saturated rings. The van der Waals surface area contributed by atoms with Crippen molar-refractivity contribution < 1.29 is 9.18 Å². The highest BCUT2D eigenvalue weighted by Crippen LogP contribution is 2.55. The van der Waals surface area contributed by atoms with Crippen molar-refractivity contribution in [3.63, 3.8) is 0 Å². The van der Waals surface area contributed by atoms with Crippen molar-refractivity contribution in [2.24, 2.45) is 11.3 Å². The molecule has 2 aliphatic carbocycles. The lowest BCUT2D eigenvalue weighted by molar-refractivity contribution is -0.121. The van der Waals surface area contributed by atoms with Gasteiger partial charge in [0.15, 0.2) is 0 Å². The Morgan fingerprint density at radius 3 is 2.68 bits per heavy atom. The van der Waals surface area contributed by atoms with Gasteiger partial charge in [0.05, 0.1) is 30.0 Å². The molecule has 192 valence electrons. The number of nitrogens with one attached hydrogen (secondary N) is 1. The molecule has 0 saturated heterocycles. The van der Waals surface area contributed by atoms with Crippen molar-refractivity contribution in [3.8, 4) is 5.69 Å². The fraction of sp³-hybridized carbons (Fsp3) is 0.281. The number of rotatable bonds is 7. The smallest absolute Gasteiger partial charge is 0.224 e. The van der Waals surface area contributed by atoms with E-state index in [9.17, 15) is 9.18 Å². The van der Waals surface area contributed by atoms with E-state index in [0.29, 0.717) is 12.3 Å². The zero-order valence-corrected chi connectivity index (χ0v) is 21.5. The van der Waals surface area contributed by atoms with Gasteiger partial charge in [0, 0.05) is 12.4 Å². The summed E-state index contributed by atoms with van der Waals surface area (Å²) in [5, 5.41) is 7.99. The van der Waals surface area contributed by atoms with E-state index < -0.39 is 0 Å². The predicted molar refractivity (Wildman–Crippen MR) is 146 cm³/mol.